The molecular formula is C21H27N3O4S. The van der Waals surface area contributed by atoms with Crippen LogP contribution in [0.5, 0.6) is 5.75 Å². The van der Waals surface area contributed by atoms with Crippen LogP contribution in [-0.4, -0.2) is 56.2 Å². The molecule has 1 fully saturated rings. The molecule has 7 nitrogen and oxygen atoms in total. The average Bonchev–Trinajstić information content (AvgIpc) is 2.72. The summed E-state index contributed by atoms with van der Waals surface area (Å²) in [4.78, 5) is 12.3. The molecule has 0 unspecified atom stereocenters. The van der Waals surface area contributed by atoms with Crippen molar-refractivity contribution in [2.24, 2.45) is 0 Å². The van der Waals surface area contributed by atoms with Crippen molar-refractivity contribution < 1.29 is 17.9 Å². The number of amides is 1. The SMILES string of the molecule is COc1ccc(CN2CCCN(CC(=O)NCCc3ccccc3)S2(=O)=O)cc1. The molecule has 8 heteroatoms. The predicted molar refractivity (Wildman–Crippen MR) is 112 cm³/mol. The van der Waals surface area contributed by atoms with E-state index in [2.05, 4.69) is 5.32 Å². The van der Waals surface area contributed by atoms with Crippen LogP contribution >= 0.6 is 0 Å². The van der Waals surface area contributed by atoms with Gasteiger partial charge in [-0.05, 0) is 36.1 Å². The fourth-order valence-corrected chi connectivity index (χ4v) is 4.92. The summed E-state index contributed by atoms with van der Waals surface area (Å²) in [6.07, 6.45) is 1.40. The first-order chi connectivity index (χ1) is 14.0. The van der Waals surface area contributed by atoms with E-state index in [0.29, 0.717) is 32.5 Å². The summed E-state index contributed by atoms with van der Waals surface area (Å²) in [5.74, 6) is 0.444. The Hall–Kier alpha value is -2.42. The van der Waals surface area contributed by atoms with Gasteiger partial charge in [-0.15, -0.1) is 0 Å². The van der Waals surface area contributed by atoms with Gasteiger partial charge in [0.1, 0.15) is 5.75 Å². The summed E-state index contributed by atoms with van der Waals surface area (Å²) in [5.41, 5.74) is 2.01. The molecule has 0 radical (unpaired) electrons. The largest absolute Gasteiger partial charge is 0.497 e. The minimum Gasteiger partial charge on any atom is -0.497 e. The predicted octanol–water partition coefficient (Wildman–Crippen LogP) is 1.81. The molecule has 0 aliphatic carbocycles. The summed E-state index contributed by atoms with van der Waals surface area (Å²) >= 11 is 0. The number of nitrogens with zero attached hydrogens (tertiary/aromatic N) is 2. The van der Waals surface area contributed by atoms with Crippen LogP contribution < -0.4 is 10.1 Å². The zero-order valence-corrected chi connectivity index (χ0v) is 17.4. The molecule has 156 valence electrons. The smallest absolute Gasteiger partial charge is 0.282 e. The van der Waals surface area contributed by atoms with Crippen LogP contribution in [-0.2, 0) is 28.0 Å². The third-order valence-electron chi connectivity index (χ3n) is 4.88. The number of carbonyl (C=O) groups excluding carboxylic acids is 1. The van der Waals surface area contributed by atoms with Gasteiger partial charge in [0.2, 0.25) is 5.91 Å². The summed E-state index contributed by atoms with van der Waals surface area (Å²) in [6, 6.07) is 17.2. The first kappa shape index (κ1) is 21.3. The van der Waals surface area contributed by atoms with Crippen molar-refractivity contribution in [3.05, 3.63) is 65.7 Å². The van der Waals surface area contributed by atoms with E-state index in [0.717, 1.165) is 16.9 Å². The molecule has 1 aliphatic rings. The molecule has 29 heavy (non-hydrogen) atoms. The van der Waals surface area contributed by atoms with Crippen LogP contribution in [0.3, 0.4) is 0 Å². The Morgan fingerprint density at radius 3 is 2.38 bits per heavy atom. The molecule has 0 saturated carbocycles. The lowest BCUT2D eigenvalue weighted by molar-refractivity contribution is -0.121. The maximum absolute atomic E-state index is 12.9. The summed E-state index contributed by atoms with van der Waals surface area (Å²) in [6.45, 7) is 1.40. The van der Waals surface area contributed by atoms with Gasteiger partial charge in [0.15, 0.2) is 0 Å². The van der Waals surface area contributed by atoms with Gasteiger partial charge in [-0.1, -0.05) is 42.5 Å². The Morgan fingerprint density at radius 2 is 1.69 bits per heavy atom. The van der Waals surface area contributed by atoms with E-state index in [4.69, 9.17) is 4.74 Å². The van der Waals surface area contributed by atoms with Crippen LogP contribution in [0.1, 0.15) is 17.5 Å². The van der Waals surface area contributed by atoms with Crippen LogP contribution in [0.4, 0.5) is 0 Å². The molecular weight excluding hydrogens is 390 g/mol. The molecule has 3 rings (SSSR count). The van der Waals surface area contributed by atoms with Crippen molar-refractivity contribution in [3.8, 4) is 5.75 Å². The van der Waals surface area contributed by atoms with E-state index in [1.807, 2.05) is 54.6 Å². The zero-order valence-electron chi connectivity index (χ0n) is 16.6. The van der Waals surface area contributed by atoms with Crippen LogP contribution in [0.25, 0.3) is 0 Å². The van der Waals surface area contributed by atoms with Crippen molar-refractivity contribution in [2.75, 3.05) is 33.3 Å². The fourth-order valence-electron chi connectivity index (χ4n) is 3.28. The van der Waals surface area contributed by atoms with Gasteiger partial charge in [0.25, 0.3) is 10.2 Å². The quantitative estimate of drug-likeness (QED) is 0.711. The minimum atomic E-state index is -3.68. The number of hydrogen-bond acceptors (Lipinski definition) is 4. The second-order valence-corrected chi connectivity index (χ2v) is 8.89. The van der Waals surface area contributed by atoms with Gasteiger partial charge in [0.05, 0.1) is 13.7 Å². The summed E-state index contributed by atoms with van der Waals surface area (Å²) < 4.78 is 33.7. The average molecular weight is 418 g/mol. The van der Waals surface area contributed by atoms with Gasteiger partial charge >= 0.3 is 0 Å². The van der Waals surface area contributed by atoms with Gasteiger partial charge in [-0.3, -0.25) is 4.79 Å². The first-order valence-corrected chi connectivity index (χ1v) is 11.1. The number of benzene rings is 2. The number of hydrogen-bond donors (Lipinski definition) is 1. The number of rotatable bonds is 8. The maximum Gasteiger partial charge on any atom is 0.282 e. The summed E-state index contributed by atoms with van der Waals surface area (Å²) in [5, 5.41) is 2.82. The molecule has 0 spiro atoms. The molecule has 2 aromatic rings. The zero-order chi connectivity index (χ0) is 20.7. The third-order valence-corrected chi connectivity index (χ3v) is 6.81. The highest BCUT2D eigenvalue weighted by Crippen LogP contribution is 2.20. The van der Waals surface area contributed by atoms with E-state index in [9.17, 15) is 13.2 Å². The van der Waals surface area contributed by atoms with E-state index in [1.54, 1.807) is 7.11 Å². The minimum absolute atomic E-state index is 0.157. The lowest BCUT2D eigenvalue weighted by Crippen LogP contribution is -2.52. The molecule has 0 aromatic heterocycles. The second-order valence-electron chi connectivity index (χ2n) is 6.96. The van der Waals surface area contributed by atoms with Crippen LogP contribution in [0.2, 0.25) is 0 Å². The highest BCUT2D eigenvalue weighted by atomic mass is 32.2. The lowest BCUT2D eigenvalue weighted by Gasteiger charge is -2.34. The lowest BCUT2D eigenvalue weighted by atomic mass is 10.1. The number of carbonyl (C=O) groups is 1. The molecule has 2 aromatic carbocycles. The topological polar surface area (TPSA) is 79.0 Å². The maximum atomic E-state index is 12.9. The molecule has 0 bridgehead atoms. The van der Waals surface area contributed by atoms with E-state index in [-0.39, 0.29) is 19.0 Å². The molecule has 1 heterocycles. The molecule has 0 atom stereocenters. The Kier molecular flexibility index (Phi) is 7.24. The van der Waals surface area contributed by atoms with Crippen molar-refractivity contribution >= 4 is 16.1 Å². The van der Waals surface area contributed by atoms with Crippen molar-refractivity contribution in [1.29, 1.82) is 0 Å². The van der Waals surface area contributed by atoms with E-state index in [1.165, 1.54) is 8.61 Å². The molecule has 1 saturated heterocycles. The van der Waals surface area contributed by atoms with Crippen LogP contribution in [0.15, 0.2) is 54.6 Å². The number of methoxy groups -OCH3 is 1. The van der Waals surface area contributed by atoms with Crippen molar-refractivity contribution in [1.82, 2.24) is 13.9 Å². The number of ether oxygens (including phenoxy) is 1. The highest BCUT2D eigenvalue weighted by Gasteiger charge is 2.34. The molecule has 1 N–H and O–H groups in total. The van der Waals surface area contributed by atoms with Crippen molar-refractivity contribution in [3.63, 3.8) is 0 Å². The third kappa shape index (κ3) is 5.79. The van der Waals surface area contributed by atoms with Gasteiger partial charge in [-0.2, -0.15) is 17.0 Å². The molecule has 1 aliphatic heterocycles. The van der Waals surface area contributed by atoms with Crippen molar-refractivity contribution in [2.45, 2.75) is 19.4 Å². The Morgan fingerprint density at radius 1 is 1.00 bits per heavy atom. The van der Waals surface area contributed by atoms with Gasteiger partial charge < -0.3 is 10.1 Å². The second kappa shape index (κ2) is 9.87. The van der Waals surface area contributed by atoms with E-state index < -0.39 is 10.2 Å². The highest BCUT2D eigenvalue weighted by molar-refractivity contribution is 7.86. The Bertz CT molecular complexity index is 901. The first-order valence-electron chi connectivity index (χ1n) is 9.68. The van der Waals surface area contributed by atoms with Gasteiger partial charge in [0, 0.05) is 26.2 Å². The Labute approximate surface area is 172 Å². The summed E-state index contributed by atoms with van der Waals surface area (Å²) in [7, 11) is -2.09. The Balaban J connectivity index is 1.54. The van der Waals surface area contributed by atoms with Crippen LogP contribution in [0, 0.1) is 0 Å². The van der Waals surface area contributed by atoms with Gasteiger partial charge in [-0.25, -0.2) is 0 Å². The molecule has 1 amide bonds. The normalized spacial score (nSPS) is 17.0. The monoisotopic (exact) mass is 417 g/mol. The standard InChI is InChI=1S/C21H27N3O4S/c1-28-20-10-8-19(9-11-20)16-23-14-5-15-24(29(23,26)27)17-21(25)22-13-12-18-6-3-2-4-7-18/h2-4,6-11H,5,12-17H2,1H3,(H,22,25). The fraction of sp³-hybridized carbons (Fsp3) is 0.381. The number of nitrogens with one attached hydrogen (secondary N) is 1. The van der Waals surface area contributed by atoms with E-state index >= 15 is 0 Å².